The second-order valence-corrected chi connectivity index (χ2v) is 7.45. The van der Waals surface area contributed by atoms with Gasteiger partial charge in [-0.05, 0) is 30.9 Å². The lowest BCUT2D eigenvalue weighted by atomic mass is 10.1. The van der Waals surface area contributed by atoms with Crippen LogP contribution in [-0.2, 0) is 16.6 Å². The molecule has 1 rings (SSSR count). The Balaban J connectivity index is 2.88. The third-order valence-electron chi connectivity index (χ3n) is 2.85. The van der Waals surface area contributed by atoms with Gasteiger partial charge in [-0.2, -0.15) is 0 Å². The third kappa shape index (κ3) is 4.60. The number of nitrogens with one attached hydrogen (secondary N) is 1. The molecule has 0 amide bonds. The molecular formula is C13H19Cl2NO3S. The molecule has 4 nitrogen and oxygen atoms in total. The molecule has 0 radical (unpaired) electrons. The van der Waals surface area contributed by atoms with Crippen LogP contribution in [0.2, 0.25) is 10.0 Å². The van der Waals surface area contributed by atoms with Crippen LogP contribution in [0.25, 0.3) is 0 Å². The summed E-state index contributed by atoms with van der Waals surface area (Å²) in [5.74, 6) is 0.527. The Hall–Kier alpha value is -0.330. The minimum Gasteiger partial charge on any atom is -0.392 e. The highest BCUT2D eigenvalue weighted by Gasteiger charge is 2.20. The zero-order chi connectivity index (χ0) is 15.3. The van der Waals surface area contributed by atoms with Crippen LogP contribution >= 0.6 is 23.2 Å². The lowest BCUT2D eigenvalue weighted by molar-refractivity contribution is 0.281. The summed E-state index contributed by atoms with van der Waals surface area (Å²) in [5.41, 5.74) is 0.221. The highest BCUT2D eigenvalue weighted by molar-refractivity contribution is 7.89. The van der Waals surface area contributed by atoms with E-state index in [2.05, 4.69) is 18.6 Å². The van der Waals surface area contributed by atoms with Crippen LogP contribution in [-0.4, -0.2) is 20.1 Å². The summed E-state index contributed by atoms with van der Waals surface area (Å²) in [6, 6.07) is 2.76. The van der Waals surface area contributed by atoms with Crippen LogP contribution in [0, 0.1) is 5.92 Å². The van der Waals surface area contributed by atoms with Crippen molar-refractivity contribution >= 4 is 33.2 Å². The number of aliphatic hydroxyl groups excluding tert-OH is 1. The van der Waals surface area contributed by atoms with Gasteiger partial charge in [0.1, 0.15) is 4.90 Å². The van der Waals surface area contributed by atoms with Crippen molar-refractivity contribution in [3.8, 4) is 0 Å². The molecule has 0 saturated heterocycles. The molecule has 20 heavy (non-hydrogen) atoms. The van der Waals surface area contributed by atoms with Gasteiger partial charge in [-0.1, -0.05) is 37.0 Å². The lowest BCUT2D eigenvalue weighted by Crippen LogP contribution is -2.25. The quantitative estimate of drug-likeness (QED) is 0.749. The van der Waals surface area contributed by atoms with Crippen LogP contribution in [0.15, 0.2) is 17.0 Å². The summed E-state index contributed by atoms with van der Waals surface area (Å²) in [7, 11) is -3.69. The minimum atomic E-state index is -3.69. The molecule has 0 aromatic heterocycles. The van der Waals surface area contributed by atoms with Gasteiger partial charge in [0.05, 0.1) is 11.6 Å². The van der Waals surface area contributed by atoms with Crippen molar-refractivity contribution in [1.29, 1.82) is 0 Å². The molecule has 0 heterocycles. The molecule has 0 spiro atoms. The van der Waals surface area contributed by atoms with Gasteiger partial charge < -0.3 is 5.11 Å². The van der Waals surface area contributed by atoms with Crippen molar-refractivity contribution < 1.29 is 13.5 Å². The van der Waals surface area contributed by atoms with E-state index in [1.54, 1.807) is 0 Å². The van der Waals surface area contributed by atoms with E-state index in [0.717, 1.165) is 12.8 Å². The van der Waals surface area contributed by atoms with Crippen molar-refractivity contribution in [2.45, 2.75) is 38.2 Å². The Kier molecular flexibility index (Phi) is 6.75. The number of sulfonamides is 1. The number of hydrogen-bond acceptors (Lipinski definition) is 3. The zero-order valence-corrected chi connectivity index (χ0v) is 13.8. The summed E-state index contributed by atoms with van der Waals surface area (Å²) in [4.78, 5) is -0.0582. The van der Waals surface area contributed by atoms with Crippen LogP contribution in [0.1, 0.15) is 32.3 Å². The first-order chi connectivity index (χ1) is 9.29. The molecule has 0 aliphatic rings. The van der Waals surface area contributed by atoms with Gasteiger partial charge in [0.2, 0.25) is 10.0 Å². The monoisotopic (exact) mass is 339 g/mol. The van der Waals surface area contributed by atoms with Crippen molar-refractivity contribution in [2.75, 3.05) is 6.54 Å². The first-order valence-corrected chi connectivity index (χ1v) is 8.61. The second-order valence-electron chi connectivity index (χ2n) is 4.93. The van der Waals surface area contributed by atoms with Gasteiger partial charge in [-0.3, -0.25) is 0 Å². The highest BCUT2D eigenvalue weighted by Crippen LogP contribution is 2.30. The summed E-state index contributed by atoms with van der Waals surface area (Å²) < 4.78 is 26.8. The van der Waals surface area contributed by atoms with E-state index in [1.165, 1.54) is 12.1 Å². The molecule has 0 aliphatic carbocycles. The fraction of sp³-hybridized carbons (Fsp3) is 0.538. The maximum absolute atomic E-state index is 12.2. The molecule has 0 aliphatic heterocycles. The molecule has 0 unspecified atom stereocenters. The van der Waals surface area contributed by atoms with Gasteiger partial charge >= 0.3 is 0 Å². The predicted octanol–water partition coefficient (Wildman–Crippen LogP) is 3.20. The molecule has 0 fully saturated rings. The van der Waals surface area contributed by atoms with Crippen LogP contribution in [0.4, 0.5) is 0 Å². The molecule has 0 saturated carbocycles. The lowest BCUT2D eigenvalue weighted by Gasteiger charge is -2.12. The maximum Gasteiger partial charge on any atom is 0.242 e. The van der Waals surface area contributed by atoms with Gasteiger partial charge in [-0.25, -0.2) is 13.1 Å². The standard InChI is InChI=1S/C13H19Cl2NO3S/c1-9(2)4-3-7-16-20(18,19)12-6-5-11(14)10(8-17)13(12)15/h5-6,9,16-17H,3-4,7-8H2,1-2H3. The van der Waals surface area contributed by atoms with E-state index < -0.39 is 16.6 Å². The highest BCUT2D eigenvalue weighted by atomic mass is 35.5. The van der Waals surface area contributed by atoms with Crippen LogP contribution in [0.5, 0.6) is 0 Å². The fourth-order valence-corrected chi connectivity index (χ4v) is 3.69. The van der Waals surface area contributed by atoms with Crippen molar-refractivity contribution in [3.63, 3.8) is 0 Å². The molecule has 114 valence electrons. The number of rotatable bonds is 7. The van der Waals surface area contributed by atoms with Crippen molar-refractivity contribution in [3.05, 3.63) is 27.7 Å². The van der Waals surface area contributed by atoms with E-state index in [0.29, 0.717) is 12.5 Å². The van der Waals surface area contributed by atoms with E-state index in [-0.39, 0.29) is 20.5 Å². The minimum absolute atomic E-state index is 0.0311. The smallest absolute Gasteiger partial charge is 0.242 e. The average Bonchev–Trinajstić information content (AvgIpc) is 2.34. The van der Waals surface area contributed by atoms with E-state index in [9.17, 15) is 13.5 Å². The molecular weight excluding hydrogens is 321 g/mol. The van der Waals surface area contributed by atoms with Crippen molar-refractivity contribution in [1.82, 2.24) is 4.72 Å². The normalized spacial score (nSPS) is 12.1. The topological polar surface area (TPSA) is 66.4 Å². The Morgan fingerprint density at radius 2 is 1.95 bits per heavy atom. The Morgan fingerprint density at radius 3 is 2.50 bits per heavy atom. The molecule has 0 atom stereocenters. The van der Waals surface area contributed by atoms with Gasteiger partial charge in [0.25, 0.3) is 0 Å². The van der Waals surface area contributed by atoms with Gasteiger partial charge in [0.15, 0.2) is 0 Å². The summed E-state index contributed by atoms with van der Waals surface area (Å²) in [5, 5.41) is 9.40. The Labute approximate surface area is 130 Å². The van der Waals surface area contributed by atoms with E-state index in [4.69, 9.17) is 23.2 Å². The van der Waals surface area contributed by atoms with Crippen molar-refractivity contribution in [2.24, 2.45) is 5.92 Å². The van der Waals surface area contributed by atoms with E-state index in [1.807, 2.05) is 0 Å². The molecule has 1 aromatic rings. The van der Waals surface area contributed by atoms with Gasteiger partial charge in [-0.15, -0.1) is 0 Å². The number of aliphatic hydroxyl groups is 1. The fourth-order valence-electron chi connectivity index (χ4n) is 1.72. The largest absolute Gasteiger partial charge is 0.392 e. The molecule has 7 heteroatoms. The second kappa shape index (κ2) is 7.61. The summed E-state index contributed by atoms with van der Waals surface area (Å²) in [6.07, 6.45) is 1.70. The van der Waals surface area contributed by atoms with Gasteiger partial charge in [0, 0.05) is 17.1 Å². The van der Waals surface area contributed by atoms with E-state index >= 15 is 0 Å². The SMILES string of the molecule is CC(C)CCCNS(=O)(=O)c1ccc(Cl)c(CO)c1Cl. The summed E-state index contributed by atoms with van der Waals surface area (Å²) >= 11 is 11.9. The Morgan fingerprint density at radius 1 is 1.30 bits per heavy atom. The van der Waals surface area contributed by atoms with Crippen LogP contribution < -0.4 is 4.72 Å². The maximum atomic E-state index is 12.2. The zero-order valence-electron chi connectivity index (χ0n) is 11.5. The third-order valence-corrected chi connectivity index (χ3v) is 5.25. The number of hydrogen-bond donors (Lipinski definition) is 2. The molecule has 1 aromatic carbocycles. The molecule has 0 bridgehead atoms. The molecule has 2 N–H and O–H groups in total. The predicted molar refractivity (Wildman–Crippen MR) is 81.6 cm³/mol. The Bertz CT molecular complexity index is 559. The first kappa shape index (κ1) is 17.7. The average molecular weight is 340 g/mol. The number of benzene rings is 1. The summed E-state index contributed by atoms with van der Waals surface area (Å²) in [6.45, 7) is 4.11. The first-order valence-electron chi connectivity index (χ1n) is 6.37. The van der Waals surface area contributed by atoms with Crippen LogP contribution in [0.3, 0.4) is 0 Å². The number of halogens is 2.